The molecule has 0 aliphatic carbocycles. The molecule has 7 nitrogen and oxygen atoms in total. The number of likely N-dealkylation sites (tertiary alicyclic amines) is 1. The standard InChI is InChI=1S/C21H27N3O4/c1-3-28-18-7-4-16(5-8-18)6-9-20(25)23-12-10-17(11-13-23)24-15(2)19(14-22-24)21(26)27/h4-5,7-8,14,17H,3,6,9-13H2,1-2H3,(H,26,27). The van der Waals surface area contributed by atoms with Gasteiger partial charge in [-0.05, 0) is 50.8 Å². The van der Waals surface area contributed by atoms with Crippen LogP contribution >= 0.6 is 0 Å². The first kappa shape index (κ1) is 19.9. The van der Waals surface area contributed by atoms with Gasteiger partial charge in [0.1, 0.15) is 11.3 Å². The molecule has 1 amide bonds. The average Bonchev–Trinajstić information content (AvgIpc) is 3.09. The van der Waals surface area contributed by atoms with Gasteiger partial charge < -0.3 is 14.7 Å². The first-order valence-electron chi connectivity index (χ1n) is 9.76. The Balaban J connectivity index is 1.49. The fourth-order valence-electron chi connectivity index (χ4n) is 3.69. The molecule has 7 heteroatoms. The van der Waals surface area contributed by atoms with Crippen LogP contribution in [0.15, 0.2) is 30.5 Å². The molecule has 1 aliphatic rings. The fraction of sp³-hybridized carbons (Fsp3) is 0.476. The highest BCUT2D eigenvalue weighted by Crippen LogP contribution is 2.25. The third kappa shape index (κ3) is 4.52. The lowest BCUT2D eigenvalue weighted by Gasteiger charge is -2.32. The van der Waals surface area contributed by atoms with Crippen molar-refractivity contribution in [2.75, 3.05) is 19.7 Å². The van der Waals surface area contributed by atoms with Crippen LogP contribution in [0.3, 0.4) is 0 Å². The van der Waals surface area contributed by atoms with Crippen LogP contribution in [0.2, 0.25) is 0 Å². The zero-order valence-electron chi connectivity index (χ0n) is 16.4. The first-order valence-corrected chi connectivity index (χ1v) is 9.76. The molecule has 0 saturated carbocycles. The number of rotatable bonds is 7. The Morgan fingerprint density at radius 1 is 1.21 bits per heavy atom. The first-order chi connectivity index (χ1) is 13.5. The number of hydrogen-bond donors (Lipinski definition) is 1. The summed E-state index contributed by atoms with van der Waals surface area (Å²) in [6, 6.07) is 8.03. The number of piperidine rings is 1. The number of ether oxygens (including phenoxy) is 1. The second kappa shape index (κ2) is 8.91. The van der Waals surface area contributed by atoms with Crippen molar-refractivity contribution >= 4 is 11.9 Å². The van der Waals surface area contributed by atoms with Gasteiger partial charge in [-0.25, -0.2) is 4.79 Å². The van der Waals surface area contributed by atoms with Crippen LogP contribution in [0.5, 0.6) is 5.75 Å². The summed E-state index contributed by atoms with van der Waals surface area (Å²) in [7, 11) is 0. The molecule has 1 aromatic carbocycles. The van der Waals surface area contributed by atoms with Crippen molar-refractivity contribution in [2.24, 2.45) is 0 Å². The minimum Gasteiger partial charge on any atom is -0.494 e. The number of carboxylic acid groups (broad SMARTS) is 1. The highest BCUT2D eigenvalue weighted by Gasteiger charge is 2.26. The molecule has 0 atom stereocenters. The van der Waals surface area contributed by atoms with E-state index in [1.54, 1.807) is 11.6 Å². The van der Waals surface area contributed by atoms with Gasteiger partial charge in [0.2, 0.25) is 5.91 Å². The lowest BCUT2D eigenvalue weighted by atomic mass is 10.0. The lowest BCUT2D eigenvalue weighted by Crippen LogP contribution is -2.39. The second-order valence-corrected chi connectivity index (χ2v) is 7.08. The third-order valence-electron chi connectivity index (χ3n) is 5.30. The lowest BCUT2D eigenvalue weighted by molar-refractivity contribution is -0.132. The molecule has 28 heavy (non-hydrogen) atoms. The molecule has 2 heterocycles. The van der Waals surface area contributed by atoms with E-state index in [1.165, 1.54) is 6.20 Å². The van der Waals surface area contributed by atoms with Gasteiger partial charge in [0, 0.05) is 19.5 Å². The van der Waals surface area contributed by atoms with Crippen LogP contribution in [0.4, 0.5) is 0 Å². The van der Waals surface area contributed by atoms with Gasteiger partial charge in [0.25, 0.3) is 0 Å². The largest absolute Gasteiger partial charge is 0.494 e. The van der Waals surface area contributed by atoms with E-state index in [4.69, 9.17) is 4.74 Å². The summed E-state index contributed by atoms with van der Waals surface area (Å²) in [5, 5.41) is 13.4. The van der Waals surface area contributed by atoms with E-state index in [-0.39, 0.29) is 17.5 Å². The number of carboxylic acids is 1. The predicted molar refractivity (Wildman–Crippen MR) is 105 cm³/mol. The molecule has 3 rings (SSSR count). The van der Waals surface area contributed by atoms with Crippen molar-refractivity contribution in [1.82, 2.24) is 14.7 Å². The second-order valence-electron chi connectivity index (χ2n) is 7.08. The summed E-state index contributed by atoms with van der Waals surface area (Å²) in [6.45, 7) is 5.73. The smallest absolute Gasteiger partial charge is 0.339 e. The maximum atomic E-state index is 12.5. The number of hydrogen-bond acceptors (Lipinski definition) is 4. The Hall–Kier alpha value is -2.83. The highest BCUT2D eigenvalue weighted by molar-refractivity contribution is 5.88. The van der Waals surface area contributed by atoms with Crippen LogP contribution in [-0.2, 0) is 11.2 Å². The van der Waals surface area contributed by atoms with Crippen molar-refractivity contribution in [3.63, 3.8) is 0 Å². The van der Waals surface area contributed by atoms with E-state index < -0.39 is 5.97 Å². The van der Waals surface area contributed by atoms with Crippen LogP contribution in [0, 0.1) is 6.92 Å². The van der Waals surface area contributed by atoms with Crippen molar-refractivity contribution in [1.29, 1.82) is 0 Å². The highest BCUT2D eigenvalue weighted by atomic mass is 16.5. The van der Waals surface area contributed by atoms with Gasteiger partial charge >= 0.3 is 5.97 Å². The quantitative estimate of drug-likeness (QED) is 0.792. The van der Waals surface area contributed by atoms with Crippen LogP contribution in [0.1, 0.15) is 53.8 Å². The van der Waals surface area contributed by atoms with Gasteiger partial charge in [0.05, 0.1) is 24.5 Å². The van der Waals surface area contributed by atoms with Gasteiger partial charge in [-0.2, -0.15) is 5.10 Å². The zero-order valence-corrected chi connectivity index (χ0v) is 16.4. The summed E-state index contributed by atoms with van der Waals surface area (Å²) in [5.74, 6) is 0.0565. The molecule has 0 unspecified atom stereocenters. The number of aryl methyl sites for hydroxylation is 1. The van der Waals surface area contributed by atoms with E-state index in [9.17, 15) is 14.7 Å². The molecule has 1 N–H and O–H groups in total. The Labute approximate surface area is 164 Å². The Morgan fingerprint density at radius 3 is 2.46 bits per heavy atom. The fourth-order valence-corrected chi connectivity index (χ4v) is 3.69. The monoisotopic (exact) mass is 385 g/mol. The van der Waals surface area contributed by atoms with Gasteiger partial charge in [-0.15, -0.1) is 0 Å². The summed E-state index contributed by atoms with van der Waals surface area (Å²) >= 11 is 0. The number of carbonyl (C=O) groups excluding carboxylic acids is 1. The number of aromatic carboxylic acids is 1. The summed E-state index contributed by atoms with van der Waals surface area (Å²) < 4.78 is 7.23. The predicted octanol–water partition coefficient (Wildman–Crippen LogP) is 3.08. The van der Waals surface area contributed by atoms with E-state index in [0.717, 1.165) is 24.2 Å². The summed E-state index contributed by atoms with van der Waals surface area (Å²) in [6.07, 6.45) is 4.19. The SMILES string of the molecule is CCOc1ccc(CCC(=O)N2CCC(n3ncc(C(=O)O)c3C)CC2)cc1. The normalized spacial score (nSPS) is 14.9. The number of carbonyl (C=O) groups is 2. The van der Waals surface area contributed by atoms with Gasteiger partial charge in [0.15, 0.2) is 0 Å². The number of benzene rings is 1. The summed E-state index contributed by atoms with van der Waals surface area (Å²) in [4.78, 5) is 25.6. The van der Waals surface area contributed by atoms with E-state index >= 15 is 0 Å². The molecule has 1 aromatic heterocycles. The minimum absolute atomic E-state index is 0.142. The molecular weight excluding hydrogens is 358 g/mol. The number of amides is 1. The molecule has 150 valence electrons. The molecule has 1 fully saturated rings. The van der Waals surface area contributed by atoms with Crippen molar-refractivity contribution in [3.05, 3.63) is 47.3 Å². The minimum atomic E-state index is -0.953. The Bertz CT molecular complexity index is 821. The number of nitrogens with zero attached hydrogens (tertiary/aromatic N) is 3. The molecule has 1 aliphatic heterocycles. The van der Waals surface area contributed by atoms with E-state index in [1.807, 2.05) is 36.1 Å². The van der Waals surface area contributed by atoms with E-state index in [0.29, 0.717) is 38.2 Å². The Kier molecular flexibility index (Phi) is 6.34. The molecular formula is C21H27N3O4. The maximum Gasteiger partial charge on any atom is 0.339 e. The summed E-state index contributed by atoms with van der Waals surface area (Å²) in [5.41, 5.74) is 2.04. The van der Waals surface area contributed by atoms with Crippen molar-refractivity contribution in [2.45, 2.75) is 45.6 Å². The molecule has 0 spiro atoms. The molecule has 0 radical (unpaired) electrons. The maximum absolute atomic E-state index is 12.5. The Morgan fingerprint density at radius 2 is 1.89 bits per heavy atom. The van der Waals surface area contributed by atoms with Gasteiger partial charge in [-0.3, -0.25) is 9.48 Å². The zero-order chi connectivity index (χ0) is 20.1. The van der Waals surface area contributed by atoms with Crippen LogP contribution in [-0.4, -0.2) is 51.4 Å². The topological polar surface area (TPSA) is 84.7 Å². The molecule has 1 saturated heterocycles. The van der Waals surface area contributed by atoms with Crippen LogP contribution < -0.4 is 4.74 Å². The molecule has 2 aromatic rings. The number of aromatic nitrogens is 2. The average molecular weight is 385 g/mol. The van der Waals surface area contributed by atoms with E-state index in [2.05, 4.69) is 5.10 Å². The molecule has 0 bridgehead atoms. The van der Waals surface area contributed by atoms with Gasteiger partial charge in [-0.1, -0.05) is 12.1 Å². The third-order valence-corrected chi connectivity index (χ3v) is 5.30. The van der Waals surface area contributed by atoms with Crippen LogP contribution in [0.25, 0.3) is 0 Å². The van der Waals surface area contributed by atoms with Crippen molar-refractivity contribution < 1.29 is 19.4 Å². The van der Waals surface area contributed by atoms with Crippen molar-refractivity contribution in [3.8, 4) is 5.75 Å².